The molecule has 0 fully saturated rings. The van der Waals surface area contributed by atoms with Crippen molar-refractivity contribution in [1.29, 1.82) is 0 Å². The van der Waals surface area contributed by atoms with Gasteiger partial charge in [-0.25, -0.2) is 9.78 Å². The Kier molecular flexibility index (Phi) is 7.20. The fourth-order valence-corrected chi connectivity index (χ4v) is 3.16. The van der Waals surface area contributed by atoms with Crippen molar-refractivity contribution in [1.82, 2.24) is 20.2 Å². The highest BCUT2D eigenvalue weighted by Crippen LogP contribution is 2.17. The van der Waals surface area contributed by atoms with Gasteiger partial charge in [-0.1, -0.05) is 37.7 Å². The number of carbonyl (C=O) groups is 2. The van der Waals surface area contributed by atoms with Gasteiger partial charge in [-0.15, -0.1) is 0 Å². The molecule has 1 aromatic heterocycles. The van der Waals surface area contributed by atoms with Crippen LogP contribution in [0.1, 0.15) is 33.6 Å². The average molecular weight is 376 g/mol. The minimum atomic E-state index is -0.512. The van der Waals surface area contributed by atoms with Crippen LogP contribution in [0.5, 0.6) is 0 Å². The molecule has 2 N–H and O–H groups in total. The lowest BCUT2D eigenvalue weighted by Crippen LogP contribution is -2.44. The van der Waals surface area contributed by atoms with E-state index in [0.717, 1.165) is 24.6 Å². The molecule has 26 heavy (non-hydrogen) atoms. The number of hydrogen-bond donors (Lipinski definition) is 2. The number of nitrogens with zero attached hydrogens (tertiary/aromatic N) is 2. The van der Waals surface area contributed by atoms with Gasteiger partial charge in [0.1, 0.15) is 0 Å². The van der Waals surface area contributed by atoms with E-state index in [1.165, 1.54) is 0 Å². The number of carbonyl (C=O) groups excluding carboxylic acids is 2. The Morgan fingerprint density at radius 3 is 2.69 bits per heavy atom. The SMILES string of the molecule is CCCn1c(SCC(=O)NC(=O)N[C@@H](C)CC)nc2ccccc2c1=O. The van der Waals surface area contributed by atoms with Crippen LogP contribution in [0.25, 0.3) is 10.9 Å². The highest BCUT2D eigenvalue weighted by molar-refractivity contribution is 7.99. The lowest BCUT2D eigenvalue weighted by atomic mass is 10.2. The maximum absolute atomic E-state index is 12.7. The van der Waals surface area contributed by atoms with Gasteiger partial charge in [0, 0.05) is 12.6 Å². The van der Waals surface area contributed by atoms with Crippen molar-refractivity contribution >= 4 is 34.6 Å². The number of fused-ring (bicyclic) bond motifs is 1. The zero-order valence-corrected chi connectivity index (χ0v) is 16.1. The van der Waals surface area contributed by atoms with E-state index in [0.29, 0.717) is 22.6 Å². The lowest BCUT2D eigenvalue weighted by molar-refractivity contribution is -0.117. The molecule has 1 heterocycles. The van der Waals surface area contributed by atoms with E-state index in [-0.39, 0.29) is 17.4 Å². The number of rotatable bonds is 7. The van der Waals surface area contributed by atoms with Crippen molar-refractivity contribution in [3.8, 4) is 0 Å². The Bertz CT molecular complexity index is 850. The summed E-state index contributed by atoms with van der Waals surface area (Å²) in [6.07, 6.45) is 1.55. The number of hydrogen-bond acceptors (Lipinski definition) is 5. The zero-order chi connectivity index (χ0) is 19.1. The Morgan fingerprint density at radius 1 is 1.27 bits per heavy atom. The van der Waals surface area contributed by atoms with E-state index < -0.39 is 11.9 Å². The Balaban J connectivity index is 2.12. The van der Waals surface area contributed by atoms with Gasteiger partial charge < -0.3 is 5.32 Å². The van der Waals surface area contributed by atoms with E-state index in [2.05, 4.69) is 15.6 Å². The topological polar surface area (TPSA) is 93.1 Å². The van der Waals surface area contributed by atoms with Crippen LogP contribution < -0.4 is 16.2 Å². The molecule has 1 aromatic carbocycles. The van der Waals surface area contributed by atoms with Crippen molar-refractivity contribution in [2.24, 2.45) is 0 Å². The van der Waals surface area contributed by atoms with Gasteiger partial charge in [-0.2, -0.15) is 0 Å². The Hall–Kier alpha value is -2.35. The molecule has 140 valence electrons. The van der Waals surface area contributed by atoms with Gasteiger partial charge in [0.2, 0.25) is 5.91 Å². The maximum Gasteiger partial charge on any atom is 0.321 e. The van der Waals surface area contributed by atoms with Crippen LogP contribution in [0.3, 0.4) is 0 Å². The number of para-hydroxylation sites is 1. The molecular weight excluding hydrogens is 352 g/mol. The third-order valence-electron chi connectivity index (χ3n) is 3.85. The smallest absolute Gasteiger partial charge is 0.321 e. The van der Waals surface area contributed by atoms with Gasteiger partial charge >= 0.3 is 6.03 Å². The summed E-state index contributed by atoms with van der Waals surface area (Å²) in [6.45, 7) is 6.30. The van der Waals surface area contributed by atoms with Crippen LogP contribution in [0.2, 0.25) is 0 Å². The van der Waals surface area contributed by atoms with Crippen molar-refractivity contribution in [2.75, 3.05) is 5.75 Å². The van der Waals surface area contributed by atoms with Gasteiger partial charge in [0.25, 0.3) is 5.56 Å². The van der Waals surface area contributed by atoms with Gasteiger partial charge in [0.05, 0.1) is 16.7 Å². The Labute approximate surface area is 156 Å². The van der Waals surface area contributed by atoms with Crippen LogP contribution in [0.4, 0.5) is 4.79 Å². The molecule has 7 nitrogen and oxygen atoms in total. The molecule has 3 amide bonds. The van der Waals surface area contributed by atoms with Gasteiger partial charge in [-0.3, -0.25) is 19.5 Å². The predicted molar refractivity (Wildman–Crippen MR) is 103 cm³/mol. The monoisotopic (exact) mass is 376 g/mol. The van der Waals surface area contributed by atoms with E-state index >= 15 is 0 Å². The number of benzene rings is 1. The van der Waals surface area contributed by atoms with E-state index in [4.69, 9.17) is 0 Å². The highest BCUT2D eigenvalue weighted by atomic mass is 32.2. The molecule has 2 rings (SSSR count). The second kappa shape index (κ2) is 9.38. The van der Waals surface area contributed by atoms with E-state index in [1.54, 1.807) is 22.8 Å². The van der Waals surface area contributed by atoms with Crippen LogP contribution in [-0.2, 0) is 11.3 Å². The summed E-state index contributed by atoms with van der Waals surface area (Å²) in [6, 6.07) is 6.63. The minimum absolute atomic E-state index is 0.00240. The van der Waals surface area contributed by atoms with Crippen LogP contribution in [0, 0.1) is 0 Å². The highest BCUT2D eigenvalue weighted by Gasteiger charge is 2.14. The fourth-order valence-electron chi connectivity index (χ4n) is 2.33. The summed E-state index contributed by atoms with van der Waals surface area (Å²) in [5.74, 6) is -0.427. The molecular formula is C18H24N4O3S. The fraction of sp³-hybridized carbons (Fsp3) is 0.444. The van der Waals surface area contributed by atoms with Gasteiger partial charge in [0.15, 0.2) is 5.16 Å². The second-order valence-electron chi connectivity index (χ2n) is 5.99. The van der Waals surface area contributed by atoms with E-state index in [1.807, 2.05) is 26.8 Å². The number of amides is 3. The summed E-state index contributed by atoms with van der Waals surface area (Å²) >= 11 is 1.15. The van der Waals surface area contributed by atoms with Crippen molar-refractivity contribution in [2.45, 2.75) is 51.4 Å². The number of imide groups is 1. The first-order valence-corrected chi connectivity index (χ1v) is 9.67. The minimum Gasteiger partial charge on any atom is -0.335 e. The lowest BCUT2D eigenvalue weighted by Gasteiger charge is -2.13. The summed E-state index contributed by atoms with van der Waals surface area (Å²) in [5, 5.41) is 6.00. The maximum atomic E-state index is 12.7. The summed E-state index contributed by atoms with van der Waals surface area (Å²) < 4.78 is 1.58. The standard InChI is InChI=1S/C18H24N4O3S/c1-4-10-22-16(24)13-8-6-7-9-14(13)20-18(22)26-11-15(23)21-17(25)19-12(3)5-2/h6-9,12H,4-5,10-11H2,1-3H3,(H2,19,21,23,25)/t12-/m0/s1. The molecule has 0 aliphatic heterocycles. The second-order valence-corrected chi connectivity index (χ2v) is 6.93. The number of aromatic nitrogens is 2. The third kappa shape index (κ3) is 5.08. The van der Waals surface area contributed by atoms with Crippen LogP contribution in [0.15, 0.2) is 34.2 Å². The summed E-state index contributed by atoms with van der Waals surface area (Å²) in [5.41, 5.74) is 0.483. The summed E-state index contributed by atoms with van der Waals surface area (Å²) in [7, 11) is 0. The van der Waals surface area contributed by atoms with Crippen molar-refractivity contribution in [3.05, 3.63) is 34.6 Å². The van der Waals surface area contributed by atoms with Crippen LogP contribution >= 0.6 is 11.8 Å². The first-order valence-electron chi connectivity index (χ1n) is 8.69. The van der Waals surface area contributed by atoms with Crippen molar-refractivity contribution in [3.63, 3.8) is 0 Å². The molecule has 8 heteroatoms. The normalized spacial score (nSPS) is 12.0. The van der Waals surface area contributed by atoms with E-state index in [9.17, 15) is 14.4 Å². The Morgan fingerprint density at radius 2 is 2.00 bits per heavy atom. The van der Waals surface area contributed by atoms with Crippen LogP contribution in [-0.4, -0.2) is 33.3 Å². The number of urea groups is 1. The third-order valence-corrected chi connectivity index (χ3v) is 4.83. The van der Waals surface area contributed by atoms with Gasteiger partial charge in [-0.05, 0) is 31.9 Å². The summed E-state index contributed by atoms with van der Waals surface area (Å²) in [4.78, 5) is 40.9. The largest absolute Gasteiger partial charge is 0.335 e. The molecule has 0 radical (unpaired) electrons. The molecule has 0 saturated heterocycles. The number of nitrogens with one attached hydrogen (secondary N) is 2. The first kappa shape index (κ1) is 20.0. The molecule has 1 atom stereocenters. The number of thioether (sulfide) groups is 1. The molecule has 0 unspecified atom stereocenters. The van der Waals surface area contributed by atoms with Crippen molar-refractivity contribution < 1.29 is 9.59 Å². The molecule has 2 aromatic rings. The zero-order valence-electron chi connectivity index (χ0n) is 15.2. The average Bonchev–Trinajstić information content (AvgIpc) is 2.62. The first-order chi connectivity index (χ1) is 12.5. The quantitative estimate of drug-likeness (QED) is 0.572. The molecule has 0 saturated carbocycles. The molecule has 0 bridgehead atoms. The molecule has 0 aliphatic rings. The molecule has 0 aliphatic carbocycles. The molecule has 0 spiro atoms. The predicted octanol–water partition coefficient (Wildman–Crippen LogP) is 2.52.